The molecule has 2 atom stereocenters. The van der Waals surface area contributed by atoms with Gasteiger partial charge in [0.25, 0.3) is 0 Å². The second-order valence-corrected chi connectivity index (χ2v) is 14.4. The number of nitrogens with one attached hydrogen (secondary N) is 2. The molecule has 4 aromatic rings. The largest absolute Gasteiger partial charge is 0.449 e. The first-order valence-electron chi connectivity index (χ1n) is 16.8. The predicted octanol–water partition coefficient (Wildman–Crippen LogP) is 8.11. The van der Waals surface area contributed by atoms with Gasteiger partial charge < -0.3 is 20.1 Å². The fourth-order valence-electron chi connectivity index (χ4n) is 7.16. The zero-order chi connectivity index (χ0) is 33.6. The molecule has 0 radical (unpaired) electrons. The van der Waals surface area contributed by atoms with E-state index in [1.807, 2.05) is 30.3 Å². The standard InChI is InChI=1S/C37H41F2N5O4/c1-36(2,3)48-35(46)43-33(23-14-16-37(38,39)17-15-23)30-20-44-31(41-30)18-24(19-40-44)32(22-12-13-22)42-34(45)47-21-29-27-10-6-4-8-25(27)26-9-5-7-11-28(26)29/h4-11,18-20,22-23,29,32-33H,12-17,21H2,1-3H3,(H,42,45)(H,43,46)/t32-,33+/m1/s1. The lowest BCUT2D eigenvalue weighted by Crippen LogP contribution is -2.40. The maximum absolute atomic E-state index is 14.0. The van der Waals surface area contributed by atoms with Crippen LogP contribution >= 0.6 is 0 Å². The van der Waals surface area contributed by atoms with Crippen LogP contribution in [0, 0.1) is 11.8 Å². The molecule has 48 heavy (non-hydrogen) atoms. The van der Waals surface area contributed by atoms with Gasteiger partial charge in [0.05, 0.1) is 30.2 Å². The van der Waals surface area contributed by atoms with E-state index in [0.717, 1.165) is 29.5 Å². The van der Waals surface area contributed by atoms with Gasteiger partial charge in [0.15, 0.2) is 5.65 Å². The number of amides is 2. The Morgan fingerprint density at radius 3 is 2.15 bits per heavy atom. The molecule has 0 spiro atoms. The number of fused-ring (bicyclic) bond motifs is 4. The average Bonchev–Trinajstić information content (AvgIpc) is 3.71. The van der Waals surface area contributed by atoms with E-state index >= 15 is 0 Å². The lowest BCUT2D eigenvalue weighted by Gasteiger charge is -2.33. The number of nitrogens with zero attached hydrogens (tertiary/aromatic N) is 3. The molecule has 2 aromatic carbocycles. The molecule has 2 amide bonds. The van der Waals surface area contributed by atoms with Crippen LogP contribution in [0.25, 0.3) is 16.8 Å². The Hall–Kier alpha value is -4.54. The van der Waals surface area contributed by atoms with Crippen molar-refractivity contribution in [2.45, 2.75) is 88.8 Å². The lowest BCUT2D eigenvalue weighted by atomic mass is 9.81. The van der Waals surface area contributed by atoms with Crippen LogP contribution in [0.3, 0.4) is 0 Å². The molecular formula is C37H41F2N5O4. The number of hydrogen-bond acceptors (Lipinski definition) is 6. The van der Waals surface area contributed by atoms with Gasteiger partial charge in [-0.1, -0.05) is 48.5 Å². The summed E-state index contributed by atoms with van der Waals surface area (Å²) in [5, 5.41) is 10.6. The number of alkyl carbamates (subject to hydrolysis) is 2. The van der Waals surface area contributed by atoms with Crippen molar-refractivity contribution < 1.29 is 27.8 Å². The molecular weight excluding hydrogens is 616 g/mol. The van der Waals surface area contributed by atoms with Crippen molar-refractivity contribution >= 4 is 17.8 Å². The van der Waals surface area contributed by atoms with Gasteiger partial charge in [0, 0.05) is 18.8 Å². The average molecular weight is 658 g/mol. The SMILES string of the molecule is CC(C)(C)OC(=O)N[C@H](c1cn2ncc([C@H](NC(=O)OCC3c4ccccc4-c4ccccc43)C3CC3)cc2n1)C1CCC(F)(F)CC1. The van der Waals surface area contributed by atoms with E-state index in [4.69, 9.17) is 14.5 Å². The molecule has 2 aromatic heterocycles. The Kier molecular flexibility index (Phi) is 8.33. The van der Waals surface area contributed by atoms with E-state index in [2.05, 4.69) is 40.0 Å². The summed E-state index contributed by atoms with van der Waals surface area (Å²) in [5.74, 6) is -2.74. The Bertz CT molecular complexity index is 1780. The maximum atomic E-state index is 14.0. The van der Waals surface area contributed by atoms with Crippen LogP contribution in [0.2, 0.25) is 0 Å². The third-order valence-electron chi connectivity index (χ3n) is 9.65. The van der Waals surface area contributed by atoms with Crippen molar-refractivity contribution in [3.63, 3.8) is 0 Å². The summed E-state index contributed by atoms with van der Waals surface area (Å²) < 4.78 is 41.0. The van der Waals surface area contributed by atoms with Gasteiger partial charge in [-0.05, 0) is 92.2 Å². The van der Waals surface area contributed by atoms with Crippen LogP contribution in [-0.2, 0) is 9.47 Å². The van der Waals surface area contributed by atoms with Crippen LogP contribution in [0.5, 0.6) is 0 Å². The second kappa shape index (κ2) is 12.5. The van der Waals surface area contributed by atoms with E-state index in [-0.39, 0.29) is 56.1 Å². The number of aromatic nitrogens is 3. The quantitative estimate of drug-likeness (QED) is 0.198. The minimum Gasteiger partial charge on any atom is -0.449 e. The van der Waals surface area contributed by atoms with E-state index in [1.165, 1.54) is 11.1 Å². The van der Waals surface area contributed by atoms with Crippen molar-refractivity contribution in [3.05, 3.63) is 89.4 Å². The molecule has 2 fully saturated rings. The highest BCUT2D eigenvalue weighted by molar-refractivity contribution is 5.79. The summed E-state index contributed by atoms with van der Waals surface area (Å²) in [7, 11) is 0. The monoisotopic (exact) mass is 657 g/mol. The molecule has 2 saturated carbocycles. The van der Waals surface area contributed by atoms with Crippen LogP contribution < -0.4 is 10.6 Å². The molecule has 2 N–H and O–H groups in total. The summed E-state index contributed by atoms with van der Waals surface area (Å²) in [5.41, 5.74) is 5.76. The number of alkyl halides is 2. The topological polar surface area (TPSA) is 107 Å². The van der Waals surface area contributed by atoms with Gasteiger partial charge in [-0.2, -0.15) is 5.10 Å². The molecule has 252 valence electrons. The molecule has 7 rings (SSSR count). The van der Waals surface area contributed by atoms with Crippen molar-refractivity contribution in [2.24, 2.45) is 11.8 Å². The Morgan fingerprint density at radius 1 is 0.917 bits per heavy atom. The summed E-state index contributed by atoms with van der Waals surface area (Å²) in [6.45, 7) is 5.53. The molecule has 0 unspecified atom stereocenters. The highest BCUT2D eigenvalue weighted by Gasteiger charge is 2.40. The number of hydrogen-bond donors (Lipinski definition) is 2. The zero-order valence-corrected chi connectivity index (χ0v) is 27.4. The van der Waals surface area contributed by atoms with Crippen molar-refractivity contribution in [2.75, 3.05) is 6.61 Å². The highest BCUT2D eigenvalue weighted by Crippen LogP contribution is 2.45. The summed E-state index contributed by atoms with van der Waals surface area (Å²) in [6, 6.07) is 17.4. The van der Waals surface area contributed by atoms with Gasteiger partial charge in [0.1, 0.15) is 12.2 Å². The van der Waals surface area contributed by atoms with Gasteiger partial charge in [-0.25, -0.2) is 27.9 Å². The smallest absolute Gasteiger partial charge is 0.408 e. The predicted molar refractivity (Wildman–Crippen MR) is 176 cm³/mol. The summed E-state index contributed by atoms with van der Waals surface area (Å²) in [4.78, 5) is 30.9. The van der Waals surface area contributed by atoms with E-state index in [1.54, 1.807) is 37.7 Å². The van der Waals surface area contributed by atoms with Gasteiger partial charge >= 0.3 is 12.2 Å². The number of ether oxygens (including phenoxy) is 2. The molecule has 0 saturated heterocycles. The molecule has 3 aliphatic rings. The Labute approximate surface area is 278 Å². The Balaban J connectivity index is 1.08. The molecule has 0 bridgehead atoms. The minimum atomic E-state index is -2.71. The molecule has 2 heterocycles. The summed E-state index contributed by atoms with van der Waals surface area (Å²) >= 11 is 0. The van der Waals surface area contributed by atoms with E-state index < -0.39 is 29.8 Å². The molecule has 9 nitrogen and oxygen atoms in total. The normalized spacial score (nSPS) is 18.9. The number of halogens is 2. The molecule has 11 heteroatoms. The molecule has 3 aliphatic carbocycles. The van der Waals surface area contributed by atoms with E-state index in [0.29, 0.717) is 11.3 Å². The van der Waals surface area contributed by atoms with Crippen LogP contribution in [-0.4, -0.2) is 44.9 Å². The van der Waals surface area contributed by atoms with Crippen molar-refractivity contribution in [1.29, 1.82) is 0 Å². The third-order valence-corrected chi connectivity index (χ3v) is 9.65. The van der Waals surface area contributed by atoms with Crippen molar-refractivity contribution in [3.8, 4) is 11.1 Å². The Morgan fingerprint density at radius 2 is 1.52 bits per heavy atom. The number of carbonyl (C=O) groups excluding carboxylic acids is 2. The van der Waals surface area contributed by atoms with Crippen LogP contribution in [0.1, 0.15) is 99.7 Å². The fourth-order valence-corrected chi connectivity index (χ4v) is 7.16. The highest BCUT2D eigenvalue weighted by atomic mass is 19.3. The number of imidazole rings is 1. The van der Waals surface area contributed by atoms with Gasteiger partial charge in [-0.15, -0.1) is 0 Å². The van der Waals surface area contributed by atoms with Gasteiger partial charge in [-0.3, -0.25) is 0 Å². The number of rotatable bonds is 8. The number of benzene rings is 2. The van der Waals surface area contributed by atoms with E-state index in [9.17, 15) is 18.4 Å². The first-order chi connectivity index (χ1) is 22.9. The minimum absolute atomic E-state index is 0.0403. The number of carbonyl (C=O) groups is 2. The third kappa shape index (κ3) is 6.86. The van der Waals surface area contributed by atoms with Gasteiger partial charge in [0.2, 0.25) is 5.92 Å². The zero-order valence-electron chi connectivity index (χ0n) is 27.4. The van der Waals surface area contributed by atoms with Crippen molar-refractivity contribution in [1.82, 2.24) is 25.2 Å². The maximum Gasteiger partial charge on any atom is 0.408 e. The fraction of sp³-hybridized carbons (Fsp3) is 0.459. The first-order valence-corrected chi connectivity index (χ1v) is 16.8. The van der Waals surface area contributed by atoms with Crippen LogP contribution in [0.4, 0.5) is 18.4 Å². The lowest BCUT2D eigenvalue weighted by molar-refractivity contribution is -0.0500. The second-order valence-electron chi connectivity index (χ2n) is 14.4. The first kappa shape index (κ1) is 32.0. The van der Waals surface area contributed by atoms with Crippen LogP contribution in [0.15, 0.2) is 67.0 Å². The molecule has 0 aliphatic heterocycles. The summed E-state index contributed by atoms with van der Waals surface area (Å²) in [6.07, 6.45) is 4.24.